The van der Waals surface area contributed by atoms with Crippen molar-refractivity contribution in [1.82, 2.24) is 14.8 Å². The van der Waals surface area contributed by atoms with Crippen LogP contribution in [0.2, 0.25) is 0 Å². The molecule has 0 saturated heterocycles. The summed E-state index contributed by atoms with van der Waals surface area (Å²) in [6.45, 7) is 3.07. The second-order valence-electron chi connectivity index (χ2n) is 10.7. The van der Waals surface area contributed by atoms with Crippen molar-refractivity contribution in [2.24, 2.45) is 5.92 Å². The normalized spacial score (nSPS) is 19.8. The van der Waals surface area contributed by atoms with Crippen molar-refractivity contribution in [3.8, 4) is 11.4 Å². The lowest BCUT2D eigenvalue weighted by Gasteiger charge is -2.30. The summed E-state index contributed by atoms with van der Waals surface area (Å²) in [5.41, 5.74) is 4.16. The van der Waals surface area contributed by atoms with E-state index in [4.69, 9.17) is 4.18 Å². The van der Waals surface area contributed by atoms with Crippen LogP contribution in [-0.4, -0.2) is 55.7 Å². The molecular formula is C30H38ClN3O4S. The highest BCUT2D eigenvalue weighted by Crippen LogP contribution is 2.28. The predicted molar refractivity (Wildman–Crippen MR) is 157 cm³/mol. The third-order valence-corrected chi connectivity index (χ3v) is 8.36. The minimum atomic E-state index is -3.51. The second kappa shape index (κ2) is 13.0. The predicted octanol–water partition coefficient (Wildman–Crippen LogP) is 5.02. The molecule has 39 heavy (non-hydrogen) atoms. The number of rotatable bonds is 8. The molecular weight excluding hydrogens is 534 g/mol. The Hall–Kier alpha value is -2.81. The highest BCUT2D eigenvalue weighted by Gasteiger charge is 2.24. The zero-order valence-electron chi connectivity index (χ0n) is 22.4. The zero-order valence-corrected chi connectivity index (χ0v) is 24.1. The number of halogens is 1. The fourth-order valence-corrected chi connectivity index (χ4v) is 6.20. The van der Waals surface area contributed by atoms with E-state index in [1.165, 1.54) is 17.5 Å². The minimum absolute atomic E-state index is 0. The molecule has 0 spiro atoms. The molecule has 0 atom stereocenters. The molecule has 1 amide bonds. The van der Waals surface area contributed by atoms with Crippen LogP contribution in [0.3, 0.4) is 0 Å². The van der Waals surface area contributed by atoms with E-state index in [2.05, 4.69) is 10.2 Å². The Balaban J connectivity index is 0.00000353. The molecule has 210 valence electrons. The average Bonchev–Trinajstić information content (AvgIpc) is 3.37. The largest absolute Gasteiger partial charge is 0.383 e. The van der Waals surface area contributed by atoms with Gasteiger partial charge in [-0.05, 0) is 111 Å². The first-order valence-corrected chi connectivity index (χ1v) is 15.4. The molecule has 1 aliphatic carbocycles. The van der Waals surface area contributed by atoms with E-state index >= 15 is 0 Å². The Morgan fingerprint density at radius 3 is 2.38 bits per heavy atom. The molecule has 2 aliphatic rings. The molecule has 1 N–H and O–H groups in total. The Morgan fingerprint density at radius 1 is 0.949 bits per heavy atom. The molecule has 0 bridgehead atoms. The van der Waals surface area contributed by atoms with Crippen molar-refractivity contribution >= 4 is 28.4 Å². The average molecular weight is 572 g/mol. The first kappa shape index (κ1) is 29.2. The number of carbonyl (C=O) groups is 1. The second-order valence-corrected chi connectivity index (χ2v) is 12.3. The lowest BCUT2D eigenvalue weighted by Crippen LogP contribution is -2.38. The van der Waals surface area contributed by atoms with Gasteiger partial charge in [0.2, 0.25) is 0 Å². The summed E-state index contributed by atoms with van der Waals surface area (Å²) < 4.78 is 30.0. The number of nitrogens with one attached hydrogen (secondary N) is 1. The lowest BCUT2D eigenvalue weighted by atomic mass is 9.84. The van der Waals surface area contributed by atoms with Crippen molar-refractivity contribution in [3.05, 3.63) is 83.7 Å². The SMILES string of the molecule is CS(=O)(=O)Oc1ccc2c(c1)CCN(CCC1CCC(NC(=O)c3cccc(-n4cccc4)c3)CC1)CC2.Cl. The van der Waals surface area contributed by atoms with Gasteiger partial charge in [-0.1, -0.05) is 12.1 Å². The fourth-order valence-electron chi connectivity index (χ4n) is 5.74. The number of hydrogen-bond acceptors (Lipinski definition) is 5. The number of aromatic nitrogens is 1. The van der Waals surface area contributed by atoms with E-state index in [-0.39, 0.29) is 24.4 Å². The monoisotopic (exact) mass is 571 g/mol. The summed E-state index contributed by atoms with van der Waals surface area (Å²) in [4.78, 5) is 15.4. The van der Waals surface area contributed by atoms with Gasteiger partial charge in [0.25, 0.3) is 5.91 Å². The first-order chi connectivity index (χ1) is 18.3. The smallest absolute Gasteiger partial charge is 0.306 e. The van der Waals surface area contributed by atoms with Crippen LogP contribution in [-0.2, 0) is 23.0 Å². The van der Waals surface area contributed by atoms with Gasteiger partial charge in [-0.25, -0.2) is 0 Å². The van der Waals surface area contributed by atoms with Crippen LogP contribution < -0.4 is 9.50 Å². The highest BCUT2D eigenvalue weighted by molar-refractivity contribution is 7.86. The number of fused-ring (bicyclic) bond motifs is 1. The molecule has 3 aromatic rings. The maximum atomic E-state index is 12.9. The van der Waals surface area contributed by atoms with E-state index in [9.17, 15) is 13.2 Å². The van der Waals surface area contributed by atoms with Crippen molar-refractivity contribution in [2.75, 3.05) is 25.9 Å². The first-order valence-electron chi connectivity index (χ1n) is 13.6. The quantitative estimate of drug-likeness (QED) is 0.384. The van der Waals surface area contributed by atoms with E-state index < -0.39 is 10.1 Å². The topological polar surface area (TPSA) is 80.6 Å². The standard InChI is InChI=1S/C30H37N3O4S.ClH/c1-38(35,36)37-29-12-9-24-14-19-32(20-15-25(24)22-29)18-13-23-7-10-27(11-8-23)31-30(34)26-5-4-6-28(21-26)33-16-2-3-17-33;/h2-6,9,12,16-17,21-23,27H,7-8,10-11,13-15,18-20H2,1H3,(H,31,34);1H. The van der Waals surface area contributed by atoms with Crippen molar-refractivity contribution in [2.45, 2.75) is 51.0 Å². The van der Waals surface area contributed by atoms with E-state index in [1.807, 2.05) is 65.5 Å². The van der Waals surface area contributed by atoms with Crippen LogP contribution in [0.4, 0.5) is 0 Å². The lowest BCUT2D eigenvalue weighted by molar-refractivity contribution is 0.0920. The van der Waals surface area contributed by atoms with Crippen LogP contribution in [0.15, 0.2) is 67.0 Å². The van der Waals surface area contributed by atoms with Crippen LogP contribution in [0.25, 0.3) is 5.69 Å². The molecule has 1 aliphatic heterocycles. The Kier molecular flexibility index (Phi) is 9.75. The van der Waals surface area contributed by atoms with Gasteiger partial charge in [0.1, 0.15) is 5.75 Å². The maximum absolute atomic E-state index is 12.9. The zero-order chi connectivity index (χ0) is 26.5. The van der Waals surface area contributed by atoms with Crippen molar-refractivity contribution in [3.63, 3.8) is 0 Å². The molecule has 1 aromatic heterocycles. The molecule has 2 heterocycles. The molecule has 2 aromatic carbocycles. The fraction of sp³-hybridized carbons (Fsp3) is 0.433. The minimum Gasteiger partial charge on any atom is -0.383 e. The summed E-state index contributed by atoms with van der Waals surface area (Å²) in [6.07, 6.45) is 12.4. The van der Waals surface area contributed by atoms with Gasteiger partial charge in [0, 0.05) is 42.8 Å². The van der Waals surface area contributed by atoms with Gasteiger partial charge < -0.3 is 19.0 Å². The summed E-state index contributed by atoms with van der Waals surface area (Å²) in [7, 11) is -3.51. The molecule has 5 rings (SSSR count). The number of nitrogens with zero attached hydrogens (tertiary/aromatic N) is 2. The number of carbonyl (C=O) groups excluding carboxylic acids is 1. The van der Waals surface area contributed by atoms with Gasteiger partial charge >= 0.3 is 10.1 Å². The van der Waals surface area contributed by atoms with Crippen molar-refractivity contribution in [1.29, 1.82) is 0 Å². The summed E-state index contributed by atoms with van der Waals surface area (Å²) >= 11 is 0. The number of amides is 1. The molecule has 0 unspecified atom stereocenters. The molecule has 0 radical (unpaired) electrons. The molecule has 1 saturated carbocycles. The van der Waals surface area contributed by atoms with Crippen molar-refractivity contribution < 1.29 is 17.4 Å². The summed E-state index contributed by atoms with van der Waals surface area (Å²) in [5.74, 6) is 1.11. The molecule has 9 heteroatoms. The van der Waals surface area contributed by atoms with Gasteiger partial charge in [-0.3, -0.25) is 4.79 Å². The van der Waals surface area contributed by atoms with Gasteiger partial charge in [0.15, 0.2) is 0 Å². The summed E-state index contributed by atoms with van der Waals surface area (Å²) in [6, 6.07) is 17.6. The van der Waals surface area contributed by atoms with Gasteiger partial charge in [-0.15, -0.1) is 12.4 Å². The van der Waals surface area contributed by atoms with Crippen LogP contribution >= 0.6 is 12.4 Å². The Morgan fingerprint density at radius 2 is 1.67 bits per heavy atom. The molecule has 1 fully saturated rings. The van der Waals surface area contributed by atoms with E-state index in [0.29, 0.717) is 17.2 Å². The number of hydrogen-bond donors (Lipinski definition) is 1. The third-order valence-electron chi connectivity index (χ3n) is 7.87. The Labute approximate surface area is 238 Å². The maximum Gasteiger partial charge on any atom is 0.306 e. The van der Waals surface area contributed by atoms with Crippen LogP contribution in [0.1, 0.15) is 53.6 Å². The third kappa shape index (κ3) is 8.10. The van der Waals surface area contributed by atoms with Crippen LogP contribution in [0.5, 0.6) is 5.75 Å². The van der Waals surface area contributed by atoms with E-state index in [0.717, 1.165) is 70.1 Å². The van der Waals surface area contributed by atoms with Crippen LogP contribution in [0, 0.1) is 5.92 Å². The van der Waals surface area contributed by atoms with E-state index in [1.54, 1.807) is 6.07 Å². The summed E-state index contributed by atoms with van der Waals surface area (Å²) in [5, 5.41) is 3.26. The highest BCUT2D eigenvalue weighted by atomic mass is 35.5. The molecule has 7 nitrogen and oxygen atoms in total. The number of benzene rings is 2. The van der Waals surface area contributed by atoms with Gasteiger partial charge in [0.05, 0.1) is 6.26 Å². The Bertz CT molecular complexity index is 1350. The van der Waals surface area contributed by atoms with Gasteiger partial charge in [-0.2, -0.15) is 8.42 Å².